The fourth-order valence-corrected chi connectivity index (χ4v) is 3.52. The zero-order valence-electron chi connectivity index (χ0n) is 15.2. The third kappa shape index (κ3) is 3.25. The van der Waals surface area contributed by atoms with Crippen molar-refractivity contribution in [1.29, 1.82) is 0 Å². The molecule has 1 aliphatic heterocycles. The lowest BCUT2D eigenvalue weighted by Crippen LogP contribution is -2.48. The summed E-state index contributed by atoms with van der Waals surface area (Å²) >= 11 is 0. The molecule has 25 heavy (non-hydrogen) atoms. The second-order valence-corrected chi connectivity index (χ2v) is 8.08. The normalized spacial score (nSPS) is 22.8. The van der Waals surface area contributed by atoms with E-state index in [0.29, 0.717) is 0 Å². The highest BCUT2D eigenvalue weighted by Crippen LogP contribution is 2.32. The number of urea groups is 1. The van der Waals surface area contributed by atoms with Gasteiger partial charge in [-0.2, -0.15) is 0 Å². The van der Waals surface area contributed by atoms with Crippen molar-refractivity contribution in [2.45, 2.75) is 58.0 Å². The molecule has 0 aromatic heterocycles. The van der Waals surface area contributed by atoms with Gasteiger partial charge in [-0.1, -0.05) is 18.2 Å². The number of nitrogens with zero attached hydrogens (tertiary/aromatic N) is 1. The Bertz CT molecular complexity index is 751. The summed E-state index contributed by atoms with van der Waals surface area (Å²) in [6.45, 7) is 6.98. The van der Waals surface area contributed by atoms with Crippen LogP contribution in [-0.2, 0) is 28.0 Å². The van der Waals surface area contributed by atoms with E-state index in [1.807, 2.05) is 39.0 Å². The van der Waals surface area contributed by atoms with E-state index >= 15 is 0 Å². The molecule has 134 valence electrons. The Morgan fingerprint density at radius 3 is 2.60 bits per heavy atom. The number of amides is 4. The summed E-state index contributed by atoms with van der Waals surface area (Å²) in [4.78, 5) is 38.3. The largest absolute Gasteiger partial charge is 0.350 e. The van der Waals surface area contributed by atoms with Crippen LogP contribution in [0.25, 0.3) is 0 Å². The van der Waals surface area contributed by atoms with Crippen molar-refractivity contribution in [3.8, 4) is 0 Å². The van der Waals surface area contributed by atoms with E-state index in [2.05, 4.69) is 10.6 Å². The third-order valence-electron chi connectivity index (χ3n) is 4.77. The summed E-state index contributed by atoms with van der Waals surface area (Å²) < 4.78 is 0. The summed E-state index contributed by atoms with van der Waals surface area (Å²) in [5.74, 6) is -0.742. The molecule has 6 heteroatoms. The van der Waals surface area contributed by atoms with Crippen LogP contribution in [0.5, 0.6) is 0 Å². The summed E-state index contributed by atoms with van der Waals surface area (Å²) in [6, 6.07) is 5.43. The van der Waals surface area contributed by atoms with Gasteiger partial charge in [0.05, 0.1) is 0 Å². The Labute approximate surface area is 148 Å². The van der Waals surface area contributed by atoms with Crippen LogP contribution in [0.2, 0.25) is 0 Å². The molecule has 1 heterocycles. The SMILES string of the molecule is CC(C)(C)NC(=O)CN1C(=O)NC(C)(c2ccc3c(c2)CCC3)C1=O. The molecule has 1 unspecified atom stereocenters. The molecule has 6 nitrogen and oxygen atoms in total. The molecule has 2 N–H and O–H groups in total. The molecule has 3 rings (SSSR count). The molecular weight excluding hydrogens is 318 g/mol. The van der Waals surface area contributed by atoms with Crippen molar-refractivity contribution >= 4 is 17.8 Å². The number of carbonyl (C=O) groups excluding carboxylic acids is 3. The number of fused-ring (bicyclic) bond motifs is 1. The van der Waals surface area contributed by atoms with E-state index in [9.17, 15) is 14.4 Å². The topological polar surface area (TPSA) is 78.5 Å². The zero-order valence-corrected chi connectivity index (χ0v) is 15.2. The second-order valence-electron chi connectivity index (χ2n) is 8.08. The minimum atomic E-state index is -1.13. The van der Waals surface area contributed by atoms with E-state index in [4.69, 9.17) is 0 Å². The van der Waals surface area contributed by atoms with Crippen LogP contribution in [0.4, 0.5) is 4.79 Å². The highest BCUT2D eigenvalue weighted by atomic mass is 16.2. The molecule has 1 aliphatic carbocycles. The molecule has 1 aromatic carbocycles. The van der Waals surface area contributed by atoms with Crippen molar-refractivity contribution in [2.75, 3.05) is 6.54 Å². The van der Waals surface area contributed by atoms with Gasteiger partial charge in [0.15, 0.2) is 0 Å². The van der Waals surface area contributed by atoms with Gasteiger partial charge >= 0.3 is 6.03 Å². The summed E-state index contributed by atoms with van der Waals surface area (Å²) in [5.41, 5.74) is 1.77. The average molecular weight is 343 g/mol. The Balaban J connectivity index is 1.81. The molecule has 1 saturated heterocycles. The highest BCUT2D eigenvalue weighted by Gasteiger charge is 2.49. The van der Waals surface area contributed by atoms with Crippen LogP contribution in [0.15, 0.2) is 18.2 Å². The molecule has 0 spiro atoms. The number of hydrogen-bond acceptors (Lipinski definition) is 3. The first-order chi connectivity index (χ1) is 11.6. The molecule has 0 bridgehead atoms. The first-order valence-corrected chi connectivity index (χ1v) is 8.67. The van der Waals surface area contributed by atoms with E-state index in [-0.39, 0.29) is 18.4 Å². The van der Waals surface area contributed by atoms with Gasteiger partial charge in [-0.25, -0.2) is 4.79 Å². The van der Waals surface area contributed by atoms with Crippen LogP contribution < -0.4 is 10.6 Å². The molecule has 1 fully saturated rings. The monoisotopic (exact) mass is 343 g/mol. The number of aryl methyl sites for hydroxylation is 2. The van der Waals surface area contributed by atoms with E-state index < -0.39 is 17.1 Å². The Morgan fingerprint density at radius 2 is 1.92 bits per heavy atom. The molecule has 1 atom stereocenters. The summed E-state index contributed by atoms with van der Waals surface area (Å²) in [5, 5.41) is 5.54. The van der Waals surface area contributed by atoms with Crippen molar-refractivity contribution in [3.63, 3.8) is 0 Å². The van der Waals surface area contributed by atoms with E-state index in [1.54, 1.807) is 6.92 Å². The molecule has 2 aliphatic rings. The molecule has 1 aromatic rings. The first kappa shape index (κ1) is 17.5. The summed E-state index contributed by atoms with van der Waals surface area (Å²) in [6.07, 6.45) is 3.18. The molecule has 4 amide bonds. The van der Waals surface area contributed by atoms with Gasteiger partial charge in [-0.05, 0) is 63.6 Å². The lowest BCUT2D eigenvalue weighted by molar-refractivity contribution is -0.135. The number of hydrogen-bond donors (Lipinski definition) is 2. The van der Waals surface area contributed by atoms with Gasteiger partial charge in [0.2, 0.25) is 5.91 Å². The van der Waals surface area contributed by atoms with Crippen molar-refractivity contribution in [3.05, 3.63) is 34.9 Å². The van der Waals surface area contributed by atoms with Gasteiger partial charge in [0.25, 0.3) is 5.91 Å². The number of carbonyl (C=O) groups is 3. The number of benzene rings is 1. The lowest BCUT2D eigenvalue weighted by Gasteiger charge is -2.24. The first-order valence-electron chi connectivity index (χ1n) is 8.67. The van der Waals surface area contributed by atoms with Crippen LogP contribution in [-0.4, -0.2) is 34.8 Å². The Kier molecular flexibility index (Phi) is 4.09. The Morgan fingerprint density at radius 1 is 1.24 bits per heavy atom. The van der Waals surface area contributed by atoms with E-state index in [1.165, 1.54) is 11.1 Å². The molecular formula is C19H25N3O3. The van der Waals surface area contributed by atoms with Crippen molar-refractivity contribution < 1.29 is 14.4 Å². The third-order valence-corrected chi connectivity index (χ3v) is 4.77. The number of rotatable bonds is 3. The predicted molar refractivity (Wildman–Crippen MR) is 94.0 cm³/mol. The maximum Gasteiger partial charge on any atom is 0.325 e. The Hall–Kier alpha value is -2.37. The minimum absolute atomic E-state index is 0.275. The molecule has 0 radical (unpaired) electrons. The van der Waals surface area contributed by atoms with Gasteiger partial charge in [-0.3, -0.25) is 14.5 Å². The fourth-order valence-electron chi connectivity index (χ4n) is 3.52. The van der Waals surface area contributed by atoms with Crippen LogP contribution in [0.1, 0.15) is 50.8 Å². The minimum Gasteiger partial charge on any atom is -0.350 e. The summed E-state index contributed by atoms with van der Waals surface area (Å²) in [7, 11) is 0. The van der Waals surface area contributed by atoms with Crippen molar-refractivity contribution in [1.82, 2.24) is 15.5 Å². The lowest BCUT2D eigenvalue weighted by atomic mass is 9.89. The number of nitrogens with one attached hydrogen (secondary N) is 2. The van der Waals surface area contributed by atoms with Crippen LogP contribution >= 0.6 is 0 Å². The average Bonchev–Trinajstić information content (AvgIpc) is 3.04. The number of imide groups is 1. The quantitative estimate of drug-likeness (QED) is 0.822. The van der Waals surface area contributed by atoms with Crippen LogP contribution in [0, 0.1) is 0 Å². The van der Waals surface area contributed by atoms with Gasteiger partial charge in [0.1, 0.15) is 12.1 Å². The maximum atomic E-state index is 12.9. The maximum absolute atomic E-state index is 12.9. The van der Waals surface area contributed by atoms with Gasteiger partial charge in [-0.15, -0.1) is 0 Å². The standard InChI is InChI=1S/C19H25N3O3/c1-18(2,3)20-15(23)11-22-16(24)19(4,21-17(22)25)14-9-8-12-6-5-7-13(12)10-14/h8-10H,5-7,11H2,1-4H3,(H,20,23)(H,21,25). The van der Waals surface area contributed by atoms with E-state index in [0.717, 1.165) is 29.7 Å². The second kappa shape index (κ2) is 5.86. The van der Waals surface area contributed by atoms with Gasteiger partial charge in [0, 0.05) is 5.54 Å². The fraction of sp³-hybridized carbons (Fsp3) is 0.526. The predicted octanol–water partition coefficient (Wildman–Crippen LogP) is 1.86. The van der Waals surface area contributed by atoms with Crippen LogP contribution in [0.3, 0.4) is 0 Å². The van der Waals surface area contributed by atoms with Gasteiger partial charge < -0.3 is 10.6 Å². The smallest absolute Gasteiger partial charge is 0.325 e. The van der Waals surface area contributed by atoms with Crippen molar-refractivity contribution in [2.24, 2.45) is 0 Å². The highest BCUT2D eigenvalue weighted by molar-refractivity contribution is 6.09. The zero-order chi connectivity index (χ0) is 18.4. The molecule has 0 saturated carbocycles.